The predicted octanol–water partition coefficient (Wildman–Crippen LogP) is 2.03. The van der Waals surface area contributed by atoms with E-state index in [0.717, 1.165) is 13.3 Å². The van der Waals surface area contributed by atoms with Crippen LogP contribution in [-0.4, -0.2) is 23.7 Å². The summed E-state index contributed by atoms with van der Waals surface area (Å²) in [5.74, 6) is -3.52. The van der Waals surface area contributed by atoms with Crippen LogP contribution in [0.1, 0.15) is 26.2 Å². The van der Waals surface area contributed by atoms with Crippen molar-refractivity contribution in [1.82, 2.24) is 10.1 Å². The molecule has 0 aromatic carbocycles. The average Bonchev–Trinajstić information content (AvgIpc) is 2.51. The molecule has 0 fully saturated rings. The zero-order valence-electron chi connectivity index (χ0n) is 8.42. The lowest BCUT2D eigenvalue weighted by atomic mass is 10.4. The van der Waals surface area contributed by atoms with E-state index in [0.29, 0.717) is 6.54 Å². The van der Waals surface area contributed by atoms with E-state index in [1.165, 1.54) is 0 Å². The Morgan fingerprint density at radius 2 is 2.14 bits per heavy atom. The molecule has 0 N–H and O–H groups in total. The van der Waals surface area contributed by atoms with Crippen molar-refractivity contribution in [2.24, 2.45) is 0 Å². The van der Waals surface area contributed by atoms with Gasteiger partial charge in [-0.15, -0.1) is 0 Å². The molecule has 0 unspecified atom stereocenters. The molecule has 0 amide bonds. The summed E-state index contributed by atoms with van der Waals surface area (Å²) in [6.45, 7) is 3.41. The Kier molecular flexibility index (Phi) is 3.03. The molecule has 0 saturated heterocycles. The summed E-state index contributed by atoms with van der Waals surface area (Å²) in [5.41, 5.74) is 0. The second kappa shape index (κ2) is 3.89. The van der Waals surface area contributed by atoms with E-state index in [1.807, 2.05) is 6.92 Å². The minimum absolute atomic E-state index is 0.198. The van der Waals surface area contributed by atoms with Crippen molar-refractivity contribution in [2.75, 3.05) is 18.5 Å². The highest BCUT2D eigenvalue weighted by Gasteiger charge is 2.32. The summed E-state index contributed by atoms with van der Waals surface area (Å²) >= 11 is 0. The van der Waals surface area contributed by atoms with Crippen LogP contribution in [0.4, 0.5) is 14.7 Å². The molecule has 4 nitrogen and oxygen atoms in total. The van der Waals surface area contributed by atoms with Gasteiger partial charge in [-0.3, -0.25) is 0 Å². The fourth-order valence-corrected chi connectivity index (χ4v) is 0.984. The monoisotopic (exact) mass is 205 g/mol. The maximum atomic E-state index is 12.7. The third-order valence-electron chi connectivity index (χ3n) is 1.69. The van der Waals surface area contributed by atoms with E-state index in [9.17, 15) is 8.78 Å². The molecule has 6 heteroatoms. The molecule has 0 aliphatic heterocycles. The molecule has 1 aromatic rings. The first-order valence-electron chi connectivity index (χ1n) is 4.38. The molecule has 0 radical (unpaired) electrons. The van der Waals surface area contributed by atoms with Gasteiger partial charge in [0.2, 0.25) is 0 Å². The number of nitrogens with zero attached hydrogens (tertiary/aromatic N) is 3. The van der Waals surface area contributed by atoms with Crippen LogP contribution in [0.5, 0.6) is 0 Å². The minimum atomic E-state index is -3.07. The van der Waals surface area contributed by atoms with E-state index < -0.39 is 11.8 Å². The van der Waals surface area contributed by atoms with E-state index in [-0.39, 0.29) is 5.95 Å². The molecule has 1 rings (SSSR count). The van der Waals surface area contributed by atoms with Crippen LogP contribution in [0.3, 0.4) is 0 Å². The average molecular weight is 205 g/mol. The summed E-state index contributed by atoms with van der Waals surface area (Å²) in [5, 5.41) is 3.46. The van der Waals surface area contributed by atoms with Gasteiger partial charge in [-0.05, 0) is 11.6 Å². The Labute approximate surface area is 80.9 Å². The lowest BCUT2D eigenvalue weighted by Crippen LogP contribution is -2.19. The molecule has 1 aromatic heterocycles. The number of hydrogen-bond donors (Lipinski definition) is 0. The van der Waals surface area contributed by atoms with Crippen LogP contribution in [0.2, 0.25) is 0 Å². The fraction of sp³-hybridized carbons (Fsp3) is 0.750. The van der Waals surface area contributed by atoms with Gasteiger partial charge in [-0.25, -0.2) is 0 Å². The third-order valence-corrected chi connectivity index (χ3v) is 1.69. The van der Waals surface area contributed by atoms with Crippen molar-refractivity contribution in [2.45, 2.75) is 26.2 Å². The highest BCUT2D eigenvalue weighted by atomic mass is 19.3. The van der Waals surface area contributed by atoms with Crippen LogP contribution in [0, 0.1) is 0 Å². The highest BCUT2D eigenvalue weighted by Crippen LogP contribution is 2.26. The molecular weight excluding hydrogens is 192 g/mol. The van der Waals surface area contributed by atoms with Crippen molar-refractivity contribution in [3.63, 3.8) is 0 Å². The Bertz CT molecular complexity index is 295. The summed E-state index contributed by atoms with van der Waals surface area (Å²) in [6, 6.07) is 0. The van der Waals surface area contributed by atoms with Crippen LogP contribution in [0.25, 0.3) is 0 Å². The molecule has 0 aliphatic carbocycles. The molecule has 80 valence electrons. The normalized spacial score (nSPS) is 11.8. The topological polar surface area (TPSA) is 42.2 Å². The molecule has 14 heavy (non-hydrogen) atoms. The highest BCUT2D eigenvalue weighted by molar-refractivity contribution is 5.25. The van der Waals surface area contributed by atoms with Crippen LogP contribution >= 0.6 is 0 Å². The van der Waals surface area contributed by atoms with Gasteiger partial charge in [0.1, 0.15) is 0 Å². The number of alkyl halides is 2. The maximum Gasteiger partial charge on any atom is 0.322 e. The number of aromatic nitrogens is 2. The largest absolute Gasteiger partial charge is 0.341 e. The Balaban J connectivity index is 2.78. The van der Waals surface area contributed by atoms with E-state index in [1.54, 1.807) is 11.9 Å². The lowest BCUT2D eigenvalue weighted by Gasteiger charge is -2.11. The summed E-state index contributed by atoms with van der Waals surface area (Å²) in [6.07, 6.45) is 0.892. The Morgan fingerprint density at radius 1 is 1.50 bits per heavy atom. The van der Waals surface area contributed by atoms with Gasteiger partial charge in [0.25, 0.3) is 11.8 Å². The van der Waals surface area contributed by atoms with Gasteiger partial charge in [-0.1, -0.05) is 6.92 Å². The smallest absolute Gasteiger partial charge is 0.322 e. The van der Waals surface area contributed by atoms with Gasteiger partial charge in [0, 0.05) is 20.5 Å². The molecule has 0 saturated carbocycles. The first-order valence-corrected chi connectivity index (χ1v) is 4.38. The number of rotatable bonds is 4. The van der Waals surface area contributed by atoms with Crippen LogP contribution in [0.15, 0.2) is 4.52 Å². The predicted molar refractivity (Wildman–Crippen MR) is 47.4 cm³/mol. The molecule has 0 bridgehead atoms. The van der Waals surface area contributed by atoms with Gasteiger partial charge in [0.15, 0.2) is 0 Å². The first-order chi connectivity index (χ1) is 6.45. The molecule has 0 atom stereocenters. The van der Waals surface area contributed by atoms with Crippen LogP contribution < -0.4 is 4.90 Å². The quantitative estimate of drug-likeness (QED) is 0.754. The fourth-order valence-electron chi connectivity index (χ4n) is 0.984. The summed E-state index contributed by atoms with van der Waals surface area (Å²) in [7, 11) is 1.73. The van der Waals surface area contributed by atoms with Crippen molar-refractivity contribution in [1.29, 1.82) is 0 Å². The Hall–Kier alpha value is -1.20. The van der Waals surface area contributed by atoms with Crippen molar-refractivity contribution < 1.29 is 13.3 Å². The van der Waals surface area contributed by atoms with Crippen molar-refractivity contribution in [3.05, 3.63) is 5.89 Å². The second-order valence-corrected chi connectivity index (χ2v) is 3.21. The lowest BCUT2D eigenvalue weighted by molar-refractivity contribution is -0.0158. The van der Waals surface area contributed by atoms with Gasteiger partial charge >= 0.3 is 5.92 Å². The van der Waals surface area contributed by atoms with Crippen molar-refractivity contribution in [3.8, 4) is 0 Å². The van der Waals surface area contributed by atoms with E-state index in [2.05, 4.69) is 14.7 Å². The SMILES string of the molecule is CCCN(C)c1noc(C(C)(F)F)n1. The summed E-state index contributed by atoms with van der Waals surface area (Å²) < 4.78 is 29.8. The number of halogens is 2. The zero-order chi connectivity index (χ0) is 10.8. The maximum absolute atomic E-state index is 12.7. The molecule has 0 spiro atoms. The molecule has 1 heterocycles. The number of anilines is 1. The van der Waals surface area contributed by atoms with E-state index >= 15 is 0 Å². The number of hydrogen-bond acceptors (Lipinski definition) is 4. The first kappa shape index (κ1) is 10.9. The Morgan fingerprint density at radius 3 is 2.57 bits per heavy atom. The third kappa shape index (κ3) is 2.40. The standard InChI is InChI=1S/C8H13F2N3O/c1-4-5-13(3)7-11-6(14-12-7)8(2,9)10/h4-5H2,1-3H3. The van der Waals surface area contributed by atoms with Crippen LogP contribution in [-0.2, 0) is 5.92 Å². The van der Waals surface area contributed by atoms with E-state index in [4.69, 9.17) is 0 Å². The van der Waals surface area contributed by atoms with Gasteiger partial charge in [-0.2, -0.15) is 13.8 Å². The minimum Gasteiger partial charge on any atom is -0.341 e. The second-order valence-electron chi connectivity index (χ2n) is 3.21. The molecule has 0 aliphatic rings. The zero-order valence-corrected chi connectivity index (χ0v) is 8.42. The van der Waals surface area contributed by atoms with Gasteiger partial charge < -0.3 is 9.42 Å². The van der Waals surface area contributed by atoms with Gasteiger partial charge in [0.05, 0.1) is 0 Å². The molecular formula is C8H13F2N3O. The van der Waals surface area contributed by atoms with Crippen molar-refractivity contribution >= 4 is 5.95 Å². The summed E-state index contributed by atoms with van der Waals surface area (Å²) in [4.78, 5) is 5.26.